The number of aliphatic imine (C=N–C) groups is 1. The molecule has 0 saturated heterocycles. The number of nitrogens with zero attached hydrogens (tertiary/aromatic N) is 2. The van der Waals surface area contributed by atoms with Crippen LogP contribution in [0, 0.1) is 6.92 Å². The zero-order valence-electron chi connectivity index (χ0n) is 12.4. The number of rotatable bonds is 5. The topological polar surface area (TPSA) is 97.0 Å². The van der Waals surface area contributed by atoms with Crippen molar-refractivity contribution in [1.29, 1.82) is 0 Å². The van der Waals surface area contributed by atoms with Gasteiger partial charge in [0.1, 0.15) is 11.5 Å². The molecule has 0 fully saturated rings. The summed E-state index contributed by atoms with van der Waals surface area (Å²) < 4.78 is 10.8. The third-order valence-corrected chi connectivity index (χ3v) is 3.51. The zero-order chi connectivity index (χ0) is 16.3. The van der Waals surface area contributed by atoms with Gasteiger partial charge in [0.2, 0.25) is 0 Å². The van der Waals surface area contributed by atoms with Gasteiger partial charge in [-0.3, -0.25) is 4.99 Å². The maximum Gasteiger partial charge on any atom is 0.363 e. The number of hydrogen-bond donors (Lipinski definition) is 2. The molecule has 2 N–H and O–H groups in total. The predicted octanol–water partition coefficient (Wildman–Crippen LogP) is 2.09. The van der Waals surface area contributed by atoms with Crippen molar-refractivity contribution in [3.05, 3.63) is 54.1 Å². The Balaban J connectivity index is 1.86. The number of aryl methyl sites for hydroxylation is 1. The number of nitrogens with one attached hydrogen (secondary N) is 1. The second kappa shape index (κ2) is 6.05. The smallest absolute Gasteiger partial charge is 0.363 e. The Kier molecular flexibility index (Phi) is 3.94. The SMILES string of the molecule is Cc1onc(-c2ccccc2)c1COC1(C(=O)O)C=NC=CN1. The van der Waals surface area contributed by atoms with Crippen molar-refractivity contribution in [2.75, 3.05) is 0 Å². The minimum Gasteiger partial charge on any atom is -0.477 e. The van der Waals surface area contributed by atoms with E-state index in [0.29, 0.717) is 17.0 Å². The maximum atomic E-state index is 11.5. The molecule has 1 unspecified atom stereocenters. The molecule has 7 heteroatoms. The van der Waals surface area contributed by atoms with Gasteiger partial charge in [-0.05, 0) is 6.92 Å². The van der Waals surface area contributed by atoms with Gasteiger partial charge in [-0.1, -0.05) is 35.5 Å². The molecule has 0 bridgehead atoms. The summed E-state index contributed by atoms with van der Waals surface area (Å²) in [4.78, 5) is 15.4. The molecule has 2 aromatic rings. The van der Waals surface area contributed by atoms with Crippen LogP contribution in [0.1, 0.15) is 11.3 Å². The summed E-state index contributed by atoms with van der Waals surface area (Å²) in [6, 6.07) is 9.49. The molecule has 118 valence electrons. The van der Waals surface area contributed by atoms with Crippen LogP contribution in [0.25, 0.3) is 11.3 Å². The van der Waals surface area contributed by atoms with Gasteiger partial charge in [0, 0.05) is 23.5 Å². The molecule has 1 aliphatic rings. The molecule has 1 atom stereocenters. The highest BCUT2D eigenvalue weighted by Crippen LogP contribution is 2.27. The molecule has 0 amide bonds. The first-order chi connectivity index (χ1) is 11.1. The van der Waals surface area contributed by atoms with Gasteiger partial charge in [0.15, 0.2) is 0 Å². The second-order valence-corrected chi connectivity index (χ2v) is 5.00. The lowest BCUT2D eigenvalue weighted by Crippen LogP contribution is -2.54. The fraction of sp³-hybridized carbons (Fsp3) is 0.188. The van der Waals surface area contributed by atoms with Crippen molar-refractivity contribution in [1.82, 2.24) is 10.5 Å². The molecule has 1 aliphatic heterocycles. The Labute approximate surface area is 132 Å². The van der Waals surface area contributed by atoms with E-state index in [0.717, 1.165) is 5.56 Å². The van der Waals surface area contributed by atoms with E-state index in [-0.39, 0.29) is 6.61 Å². The largest absolute Gasteiger partial charge is 0.477 e. The fourth-order valence-electron chi connectivity index (χ4n) is 2.22. The Hall–Kier alpha value is -2.93. The molecule has 23 heavy (non-hydrogen) atoms. The lowest BCUT2D eigenvalue weighted by Gasteiger charge is -2.27. The summed E-state index contributed by atoms with van der Waals surface area (Å²) in [5, 5.41) is 16.1. The van der Waals surface area contributed by atoms with Crippen LogP contribution in [0.4, 0.5) is 0 Å². The summed E-state index contributed by atoms with van der Waals surface area (Å²) in [6.07, 6.45) is 4.08. The number of aromatic nitrogens is 1. The molecular weight excluding hydrogens is 298 g/mol. The molecule has 1 aromatic heterocycles. The Morgan fingerprint density at radius 3 is 2.83 bits per heavy atom. The van der Waals surface area contributed by atoms with Gasteiger partial charge in [0.25, 0.3) is 5.72 Å². The van der Waals surface area contributed by atoms with Crippen LogP contribution >= 0.6 is 0 Å². The maximum absolute atomic E-state index is 11.5. The minimum atomic E-state index is -1.70. The molecule has 3 rings (SSSR count). The van der Waals surface area contributed by atoms with E-state index in [4.69, 9.17) is 9.26 Å². The van der Waals surface area contributed by atoms with Crippen LogP contribution in [0.15, 0.2) is 52.2 Å². The Morgan fingerprint density at radius 2 is 2.17 bits per heavy atom. The molecule has 0 saturated carbocycles. The van der Waals surface area contributed by atoms with Gasteiger partial charge < -0.3 is 19.7 Å². The quantitative estimate of drug-likeness (QED) is 0.877. The van der Waals surface area contributed by atoms with Gasteiger partial charge in [-0.2, -0.15) is 0 Å². The third-order valence-electron chi connectivity index (χ3n) is 3.51. The van der Waals surface area contributed by atoms with E-state index in [1.54, 1.807) is 6.92 Å². The van der Waals surface area contributed by atoms with Gasteiger partial charge >= 0.3 is 5.97 Å². The monoisotopic (exact) mass is 313 g/mol. The van der Waals surface area contributed by atoms with E-state index in [1.807, 2.05) is 30.3 Å². The second-order valence-electron chi connectivity index (χ2n) is 5.00. The lowest BCUT2D eigenvalue weighted by atomic mass is 10.1. The summed E-state index contributed by atoms with van der Waals surface area (Å²) in [6.45, 7) is 1.77. The number of benzene rings is 1. The summed E-state index contributed by atoms with van der Waals surface area (Å²) >= 11 is 0. The average molecular weight is 313 g/mol. The molecule has 0 aliphatic carbocycles. The van der Waals surface area contributed by atoms with E-state index in [9.17, 15) is 9.90 Å². The first-order valence-electron chi connectivity index (χ1n) is 6.97. The Morgan fingerprint density at radius 1 is 1.39 bits per heavy atom. The van der Waals surface area contributed by atoms with Crippen molar-refractivity contribution < 1.29 is 19.2 Å². The van der Waals surface area contributed by atoms with Crippen molar-refractivity contribution in [3.63, 3.8) is 0 Å². The van der Waals surface area contributed by atoms with E-state index < -0.39 is 11.7 Å². The highest BCUT2D eigenvalue weighted by molar-refractivity contribution is 5.98. The van der Waals surface area contributed by atoms with E-state index in [2.05, 4.69) is 15.5 Å². The number of carbonyl (C=O) groups is 1. The van der Waals surface area contributed by atoms with Gasteiger partial charge in [-0.25, -0.2) is 4.79 Å². The van der Waals surface area contributed by atoms with Crippen molar-refractivity contribution in [2.24, 2.45) is 4.99 Å². The van der Waals surface area contributed by atoms with Crippen LogP contribution in [-0.2, 0) is 16.1 Å². The molecule has 2 heterocycles. The fourth-order valence-corrected chi connectivity index (χ4v) is 2.22. The number of aliphatic carboxylic acids is 1. The summed E-state index contributed by atoms with van der Waals surface area (Å²) in [5.74, 6) is -0.603. The first-order valence-corrected chi connectivity index (χ1v) is 6.97. The standard InChI is InChI=1S/C16H15N3O4/c1-11-13(14(19-23-11)12-5-3-2-4-6-12)9-22-16(15(20)21)10-17-7-8-18-16/h2-8,10,18H,9H2,1H3,(H,20,21). The number of carboxylic acid groups (broad SMARTS) is 1. The van der Waals surface area contributed by atoms with Gasteiger partial charge in [0.05, 0.1) is 12.8 Å². The van der Waals surface area contributed by atoms with Crippen LogP contribution in [-0.4, -0.2) is 28.2 Å². The summed E-state index contributed by atoms with van der Waals surface area (Å²) in [5.41, 5.74) is 0.498. The van der Waals surface area contributed by atoms with Crippen molar-refractivity contribution in [3.8, 4) is 11.3 Å². The summed E-state index contributed by atoms with van der Waals surface area (Å²) in [7, 11) is 0. The predicted molar refractivity (Wildman–Crippen MR) is 82.6 cm³/mol. The normalized spacial score (nSPS) is 19.5. The molecule has 0 radical (unpaired) electrons. The van der Waals surface area contributed by atoms with Crippen molar-refractivity contribution >= 4 is 12.2 Å². The molecule has 7 nitrogen and oxygen atoms in total. The van der Waals surface area contributed by atoms with Crippen LogP contribution in [0.2, 0.25) is 0 Å². The first kappa shape index (κ1) is 15.0. The van der Waals surface area contributed by atoms with E-state index in [1.165, 1.54) is 18.6 Å². The van der Waals surface area contributed by atoms with Crippen LogP contribution in [0.5, 0.6) is 0 Å². The number of hydrogen-bond acceptors (Lipinski definition) is 6. The number of carboxylic acids is 1. The minimum absolute atomic E-state index is 0.0126. The van der Waals surface area contributed by atoms with Gasteiger partial charge in [-0.15, -0.1) is 0 Å². The zero-order valence-corrected chi connectivity index (χ0v) is 12.4. The lowest BCUT2D eigenvalue weighted by molar-refractivity contribution is -0.160. The van der Waals surface area contributed by atoms with Crippen molar-refractivity contribution in [2.45, 2.75) is 19.3 Å². The Bertz CT molecular complexity index is 767. The third kappa shape index (κ3) is 2.86. The highest BCUT2D eigenvalue weighted by atomic mass is 16.5. The van der Waals surface area contributed by atoms with Crippen LogP contribution < -0.4 is 5.32 Å². The van der Waals surface area contributed by atoms with E-state index >= 15 is 0 Å². The molecular formula is C16H15N3O4. The average Bonchev–Trinajstić information content (AvgIpc) is 2.95. The number of ether oxygens (including phenoxy) is 1. The molecule has 1 aromatic carbocycles. The highest BCUT2D eigenvalue weighted by Gasteiger charge is 2.39. The van der Waals surface area contributed by atoms with Crippen LogP contribution in [0.3, 0.4) is 0 Å². The molecule has 0 spiro atoms.